The molecule has 0 aromatic heterocycles. The van der Waals surface area contributed by atoms with E-state index in [1.165, 1.54) is 21.9 Å². The van der Waals surface area contributed by atoms with Crippen LogP contribution in [0.2, 0.25) is 0 Å². The number of hydrogen-bond acceptors (Lipinski definition) is 3. The highest BCUT2D eigenvalue weighted by molar-refractivity contribution is 5.94. The fourth-order valence-electron chi connectivity index (χ4n) is 3.21. The van der Waals surface area contributed by atoms with Crippen molar-refractivity contribution in [2.75, 3.05) is 40.0 Å². The van der Waals surface area contributed by atoms with Crippen molar-refractivity contribution in [2.45, 2.75) is 12.8 Å². The summed E-state index contributed by atoms with van der Waals surface area (Å²) < 4.78 is 10.3. The maximum Gasteiger partial charge on any atom is 0.225 e. The predicted molar refractivity (Wildman–Crippen MR) is 100 cm³/mol. The minimum Gasteiger partial charge on any atom is -0.382 e. The van der Waals surface area contributed by atoms with Crippen LogP contribution in [0, 0.1) is 0 Å². The number of rotatable bonds is 7. The zero-order valence-corrected chi connectivity index (χ0v) is 14.7. The third-order valence-corrected chi connectivity index (χ3v) is 4.59. The van der Waals surface area contributed by atoms with Gasteiger partial charge < -0.3 is 14.4 Å². The Hall–Kier alpha value is -2.17. The first kappa shape index (κ1) is 17.6. The first-order valence-electron chi connectivity index (χ1n) is 8.81. The number of amides is 1. The Bertz CT molecular complexity index is 748. The van der Waals surface area contributed by atoms with E-state index >= 15 is 0 Å². The molecule has 4 heteroatoms. The van der Waals surface area contributed by atoms with Crippen molar-refractivity contribution in [1.82, 2.24) is 4.90 Å². The number of carbonyl (C=O) groups excluding carboxylic acids is 1. The van der Waals surface area contributed by atoms with Crippen molar-refractivity contribution in [3.05, 3.63) is 54.1 Å². The minimum atomic E-state index is 0.158. The molecule has 2 aromatic carbocycles. The van der Waals surface area contributed by atoms with Gasteiger partial charge in [0.15, 0.2) is 0 Å². The number of ether oxygens (including phenoxy) is 2. The van der Waals surface area contributed by atoms with E-state index in [0.717, 1.165) is 13.0 Å². The largest absolute Gasteiger partial charge is 0.382 e. The van der Waals surface area contributed by atoms with Crippen molar-refractivity contribution in [1.29, 1.82) is 0 Å². The third kappa shape index (κ3) is 4.47. The molecule has 0 unspecified atom stereocenters. The molecule has 132 valence electrons. The lowest BCUT2D eigenvalue weighted by molar-refractivity contribution is -0.132. The molecule has 0 bridgehead atoms. The summed E-state index contributed by atoms with van der Waals surface area (Å²) in [5.74, 6) is 0.158. The molecule has 25 heavy (non-hydrogen) atoms. The van der Waals surface area contributed by atoms with E-state index in [-0.39, 0.29) is 5.91 Å². The fourth-order valence-corrected chi connectivity index (χ4v) is 3.21. The molecule has 1 heterocycles. The van der Waals surface area contributed by atoms with E-state index in [4.69, 9.17) is 9.47 Å². The lowest BCUT2D eigenvalue weighted by Gasteiger charge is -2.27. The Morgan fingerprint density at radius 2 is 1.92 bits per heavy atom. The zero-order valence-electron chi connectivity index (χ0n) is 14.7. The summed E-state index contributed by atoms with van der Waals surface area (Å²) in [6.07, 6.45) is 3.51. The maximum atomic E-state index is 12.3. The van der Waals surface area contributed by atoms with Crippen LogP contribution in [0.1, 0.15) is 18.4 Å². The van der Waals surface area contributed by atoms with Gasteiger partial charge in [0.25, 0.3) is 0 Å². The van der Waals surface area contributed by atoms with Gasteiger partial charge in [-0.15, -0.1) is 0 Å². The molecule has 3 rings (SSSR count). The Labute approximate surface area is 149 Å². The van der Waals surface area contributed by atoms with Crippen LogP contribution in [-0.4, -0.2) is 50.8 Å². The lowest BCUT2D eigenvalue weighted by atomic mass is 9.94. The van der Waals surface area contributed by atoms with E-state index in [9.17, 15) is 4.79 Å². The molecule has 1 amide bonds. The monoisotopic (exact) mass is 339 g/mol. The maximum absolute atomic E-state index is 12.3. The number of nitrogens with zero attached hydrogens (tertiary/aromatic N) is 1. The van der Waals surface area contributed by atoms with Crippen molar-refractivity contribution in [3.8, 4) is 0 Å². The molecule has 4 nitrogen and oxygen atoms in total. The molecule has 0 saturated carbocycles. The van der Waals surface area contributed by atoms with E-state index < -0.39 is 0 Å². The summed E-state index contributed by atoms with van der Waals surface area (Å²) in [4.78, 5) is 14.2. The highest BCUT2D eigenvalue weighted by Gasteiger charge is 2.18. The second-order valence-corrected chi connectivity index (χ2v) is 6.20. The smallest absolute Gasteiger partial charge is 0.225 e. The predicted octanol–water partition coefficient (Wildman–Crippen LogP) is 3.51. The highest BCUT2D eigenvalue weighted by Crippen LogP contribution is 2.29. The molecule has 0 atom stereocenters. The van der Waals surface area contributed by atoms with E-state index in [2.05, 4.69) is 48.5 Å². The van der Waals surface area contributed by atoms with Crippen LogP contribution in [0.4, 0.5) is 0 Å². The average Bonchev–Trinajstić information content (AvgIpc) is 2.67. The van der Waals surface area contributed by atoms with Crippen LogP contribution in [0.5, 0.6) is 0 Å². The summed E-state index contributed by atoms with van der Waals surface area (Å²) >= 11 is 0. The number of fused-ring (bicyclic) bond motifs is 1. The Kier molecular flexibility index (Phi) is 6.20. The van der Waals surface area contributed by atoms with Gasteiger partial charge in [0.05, 0.1) is 26.2 Å². The molecule has 0 fully saturated rings. The zero-order chi connectivity index (χ0) is 17.5. The van der Waals surface area contributed by atoms with Crippen molar-refractivity contribution >= 4 is 22.3 Å². The van der Waals surface area contributed by atoms with Gasteiger partial charge in [0.1, 0.15) is 0 Å². The summed E-state index contributed by atoms with van der Waals surface area (Å²) in [6, 6.07) is 14.9. The molecule has 1 aliphatic rings. The van der Waals surface area contributed by atoms with Crippen molar-refractivity contribution in [2.24, 2.45) is 0 Å². The fraction of sp³-hybridized carbons (Fsp3) is 0.381. The molecule has 0 spiro atoms. The number of benzene rings is 2. The first-order valence-corrected chi connectivity index (χ1v) is 8.81. The number of carbonyl (C=O) groups is 1. The second kappa shape index (κ2) is 8.79. The number of hydrogen-bond donors (Lipinski definition) is 0. The molecule has 2 aromatic rings. The second-order valence-electron chi connectivity index (χ2n) is 6.20. The SMILES string of the molecule is COCCOCCC(=O)N1CC=C(c2cccc3ccccc23)CC1. The summed E-state index contributed by atoms with van der Waals surface area (Å²) in [5, 5.41) is 2.54. The normalized spacial score (nSPS) is 14.6. The van der Waals surface area contributed by atoms with Crippen LogP contribution < -0.4 is 0 Å². The van der Waals surface area contributed by atoms with E-state index in [1.807, 2.05) is 4.90 Å². The minimum absolute atomic E-state index is 0.158. The molecule has 1 aliphatic heterocycles. The van der Waals surface area contributed by atoms with Gasteiger partial charge in [0.2, 0.25) is 5.91 Å². The van der Waals surface area contributed by atoms with Crippen LogP contribution >= 0.6 is 0 Å². The Morgan fingerprint density at radius 1 is 1.08 bits per heavy atom. The summed E-state index contributed by atoms with van der Waals surface area (Å²) in [6.45, 7) is 3.00. The Morgan fingerprint density at radius 3 is 2.72 bits per heavy atom. The van der Waals surface area contributed by atoms with Gasteiger partial charge >= 0.3 is 0 Å². The van der Waals surface area contributed by atoms with E-state index in [0.29, 0.717) is 32.8 Å². The molecule has 0 radical (unpaired) electrons. The first-order chi connectivity index (χ1) is 12.3. The molecular formula is C21H25NO3. The molecular weight excluding hydrogens is 314 g/mol. The van der Waals surface area contributed by atoms with Crippen molar-refractivity contribution < 1.29 is 14.3 Å². The van der Waals surface area contributed by atoms with Gasteiger partial charge in [-0.3, -0.25) is 4.79 Å². The van der Waals surface area contributed by atoms with Crippen LogP contribution in [0.25, 0.3) is 16.3 Å². The van der Waals surface area contributed by atoms with Gasteiger partial charge in [-0.25, -0.2) is 0 Å². The van der Waals surface area contributed by atoms with Crippen LogP contribution in [0.3, 0.4) is 0 Å². The van der Waals surface area contributed by atoms with Gasteiger partial charge in [-0.05, 0) is 28.3 Å². The van der Waals surface area contributed by atoms with Gasteiger partial charge in [-0.1, -0.05) is 48.5 Å². The van der Waals surface area contributed by atoms with Gasteiger partial charge in [-0.2, -0.15) is 0 Å². The average molecular weight is 339 g/mol. The molecule has 0 saturated heterocycles. The van der Waals surface area contributed by atoms with Crippen molar-refractivity contribution in [3.63, 3.8) is 0 Å². The summed E-state index contributed by atoms with van der Waals surface area (Å²) in [5.41, 5.74) is 2.62. The quantitative estimate of drug-likeness (QED) is 0.725. The van der Waals surface area contributed by atoms with Crippen LogP contribution in [-0.2, 0) is 14.3 Å². The van der Waals surface area contributed by atoms with Gasteiger partial charge in [0, 0.05) is 20.2 Å². The topological polar surface area (TPSA) is 38.8 Å². The van der Waals surface area contributed by atoms with Crippen LogP contribution in [0.15, 0.2) is 48.5 Å². The standard InChI is InChI=1S/C21H25NO3/c1-24-15-16-25-14-11-21(23)22-12-9-18(10-13-22)20-8-4-6-17-5-2-3-7-19(17)20/h2-9H,10-16H2,1H3. The van der Waals surface area contributed by atoms with E-state index in [1.54, 1.807) is 7.11 Å². The number of methoxy groups -OCH3 is 1. The molecule has 0 N–H and O–H groups in total. The Balaban J connectivity index is 1.59. The summed E-state index contributed by atoms with van der Waals surface area (Å²) in [7, 11) is 1.64. The third-order valence-electron chi connectivity index (χ3n) is 4.59. The highest BCUT2D eigenvalue weighted by atomic mass is 16.5. The lowest BCUT2D eigenvalue weighted by Crippen LogP contribution is -2.35. The molecule has 0 aliphatic carbocycles.